The zero-order valence-electron chi connectivity index (χ0n) is 15.4. The van der Waals surface area contributed by atoms with E-state index in [0.29, 0.717) is 10.7 Å². The van der Waals surface area contributed by atoms with E-state index in [-0.39, 0.29) is 17.9 Å². The first-order valence-electron chi connectivity index (χ1n) is 8.66. The van der Waals surface area contributed by atoms with Gasteiger partial charge < -0.3 is 0 Å². The maximum atomic E-state index is 13.9. The Labute approximate surface area is 161 Å². The van der Waals surface area contributed by atoms with Crippen molar-refractivity contribution in [2.45, 2.75) is 26.7 Å². The molecule has 3 nitrogen and oxygen atoms in total. The number of likely N-dealkylation sites (N-methyl/N-ethyl adjacent to an activating group) is 1. The third-order valence-electron chi connectivity index (χ3n) is 4.41. The minimum atomic E-state index is -0.488. The Morgan fingerprint density at radius 3 is 2.48 bits per heavy atom. The summed E-state index contributed by atoms with van der Waals surface area (Å²) in [6.45, 7) is 4.01. The number of amides is 1. The Morgan fingerprint density at radius 1 is 1.15 bits per heavy atom. The number of rotatable bonds is 5. The number of hydrogen-bond acceptors (Lipinski definition) is 3. The molecule has 0 saturated heterocycles. The molecule has 0 N–H and O–H groups in total. The Hall–Kier alpha value is -2.60. The first-order chi connectivity index (χ1) is 12.9. The van der Waals surface area contributed by atoms with E-state index < -0.39 is 11.6 Å². The van der Waals surface area contributed by atoms with Crippen LogP contribution in [0.15, 0.2) is 42.5 Å². The molecule has 0 saturated carbocycles. The summed E-state index contributed by atoms with van der Waals surface area (Å²) in [4.78, 5) is 19.8. The van der Waals surface area contributed by atoms with Crippen LogP contribution in [-0.2, 0) is 17.6 Å². The van der Waals surface area contributed by atoms with Crippen LogP contribution in [0.4, 0.5) is 13.9 Å². The molecule has 0 bridgehead atoms. The Kier molecular flexibility index (Phi) is 5.65. The Balaban J connectivity index is 1.74. The maximum Gasteiger partial charge on any atom is 0.232 e. The van der Waals surface area contributed by atoms with E-state index in [0.717, 1.165) is 29.8 Å². The predicted octanol–water partition coefficient (Wildman–Crippen LogP) is 5.16. The van der Waals surface area contributed by atoms with Crippen molar-refractivity contribution in [3.63, 3.8) is 0 Å². The van der Waals surface area contributed by atoms with Crippen LogP contribution in [0.2, 0.25) is 0 Å². The fourth-order valence-electron chi connectivity index (χ4n) is 2.80. The minimum absolute atomic E-state index is 0.0731. The lowest BCUT2D eigenvalue weighted by atomic mass is 10.0. The van der Waals surface area contributed by atoms with Crippen LogP contribution < -0.4 is 4.90 Å². The van der Waals surface area contributed by atoms with E-state index in [1.165, 1.54) is 22.3 Å². The highest BCUT2D eigenvalue weighted by Crippen LogP contribution is 2.27. The smallest absolute Gasteiger partial charge is 0.232 e. The van der Waals surface area contributed by atoms with Gasteiger partial charge >= 0.3 is 0 Å². The molecule has 0 aliphatic carbocycles. The van der Waals surface area contributed by atoms with Crippen molar-refractivity contribution in [3.05, 3.63) is 70.2 Å². The summed E-state index contributed by atoms with van der Waals surface area (Å²) < 4.78 is 27.3. The van der Waals surface area contributed by atoms with Gasteiger partial charge in [0.15, 0.2) is 5.13 Å². The van der Waals surface area contributed by atoms with Crippen molar-refractivity contribution in [1.29, 1.82) is 0 Å². The molecule has 3 rings (SSSR count). The Morgan fingerprint density at radius 2 is 1.85 bits per heavy atom. The highest BCUT2D eigenvalue weighted by molar-refractivity contribution is 7.15. The van der Waals surface area contributed by atoms with Gasteiger partial charge in [-0.1, -0.05) is 31.2 Å². The quantitative estimate of drug-likeness (QED) is 0.606. The number of hydrogen-bond donors (Lipinski definition) is 0. The van der Waals surface area contributed by atoms with Crippen molar-refractivity contribution in [2.75, 3.05) is 11.9 Å². The van der Waals surface area contributed by atoms with Crippen LogP contribution in [-0.4, -0.2) is 17.9 Å². The molecule has 140 valence electrons. The average molecular weight is 386 g/mol. The summed E-state index contributed by atoms with van der Waals surface area (Å²) >= 11 is 1.53. The second kappa shape index (κ2) is 7.96. The van der Waals surface area contributed by atoms with Crippen molar-refractivity contribution in [1.82, 2.24) is 4.98 Å². The lowest BCUT2D eigenvalue weighted by molar-refractivity contribution is -0.117. The average Bonchev–Trinajstić information content (AvgIpc) is 3.04. The van der Waals surface area contributed by atoms with E-state index in [2.05, 4.69) is 11.9 Å². The van der Waals surface area contributed by atoms with Crippen LogP contribution in [0.5, 0.6) is 0 Å². The van der Waals surface area contributed by atoms with Gasteiger partial charge in [0.05, 0.1) is 12.1 Å². The van der Waals surface area contributed by atoms with E-state index in [1.807, 2.05) is 6.92 Å². The SMILES string of the molecule is CCc1sc(N(C)C(=O)Cc2ccc(-c3cc(F)ccc3F)cc2)nc1C. The predicted molar refractivity (Wildman–Crippen MR) is 105 cm³/mol. The van der Waals surface area contributed by atoms with E-state index >= 15 is 0 Å². The monoisotopic (exact) mass is 386 g/mol. The number of aromatic nitrogens is 1. The van der Waals surface area contributed by atoms with Gasteiger partial charge in [-0.05, 0) is 42.7 Å². The number of nitrogens with zero attached hydrogens (tertiary/aromatic N) is 2. The lowest BCUT2D eigenvalue weighted by Crippen LogP contribution is -2.27. The molecule has 1 heterocycles. The zero-order chi connectivity index (χ0) is 19.6. The van der Waals surface area contributed by atoms with Crippen molar-refractivity contribution < 1.29 is 13.6 Å². The fraction of sp³-hybridized carbons (Fsp3) is 0.238. The van der Waals surface area contributed by atoms with Crippen LogP contribution in [0.1, 0.15) is 23.1 Å². The first-order valence-corrected chi connectivity index (χ1v) is 9.48. The van der Waals surface area contributed by atoms with Gasteiger partial charge in [0.1, 0.15) is 11.6 Å². The van der Waals surface area contributed by atoms with E-state index in [1.54, 1.807) is 36.2 Å². The van der Waals surface area contributed by atoms with Gasteiger partial charge in [0, 0.05) is 17.5 Å². The van der Waals surface area contributed by atoms with Gasteiger partial charge in [-0.3, -0.25) is 9.69 Å². The summed E-state index contributed by atoms with van der Waals surface area (Å²) in [6.07, 6.45) is 1.10. The molecule has 1 aromatic heterocycles. The lowest BCUT2D eigenvalue weighted by Gasteiger charge is -2.14. The minimum Gasteiger partial charge on any atom is -0.291 e. The van der Waals surface area contributed by atoms with Gasteiger partial charge in [0.25, 0.3) is 0 Å². The Bertz CT molecular complexity index is 967. The summed E-state index contributed by atoms with van der Waals surface area (Å²) in [5, 5.41) is 0.688. The summed E-state index contributed by atoms with van der Waals surface area (Å²) in [5.74, 6) is -1.04. The highest BCUT2D eigenvalue weighted by Gasteiger charge is 2.17. The molecule has 0 aliphatic rings. The van der Waals surface area contributed by atoms with Gasteiger partial charge in [-0.25, -0.2) is 13.8 Å². The summed E-state index contributed by atoms with van der Waals surface area (Å²) in [7, 11) is 1.72. The number of carbonyl (C=O) groups is 1. The second-order valence-corrected chi connectivity index (χ2v) is 7.37. The normalized spacial score (nSPS) is 10.9. The van der Waals surface area contributed by atoms with Gasteiger partial charge in [-0.2, -0.15) is 0 Å². The molecule has 2 aromatic carbocycles. The third-order valence-corrected chi connectivity index (χ3v) is 5.79. The van der Waals surface area contributed by atoms with Crippen LogP contribution >= 0.6 is 11.3 Å². The number of benzene rings is 2. The molecule has 27 heavy (non-hydrogen) atoms. The molecule has 0 fully saturated rings. The standard InChI is InChI=1S/C21H20F2N2OS/c1-4-19-13(2)24-21(27-19)25(3)20(26)11-14-5-7-15(8-6-14)17-12-16(22)9-10-18(17)23/h5-10,12H,4,11H2,1-3H3. The van der Waals surface area contributed by atoms with E-state index in [4.69, 9.17) is 0 Å². The van der Waals surface area contributed by atoms with Crippen LogP contribution in [0, 0.1) is 18.6 Å². The van der Waals surface area contributed by atoms with Crippen molar-refractivity contribution >= 4 is 22.4 Å². The fourth-order valence-corrected chi connectivity index (χ4v) is 3.78. The molecule has 1 amide bonds. The molecule has 0 atom stereocenters. The summed E-state index contributed by atoms with van der Waals surface area (Å²) in [6, 6.07) is 10.3. The molecule has 0 spiro atoms. The second-order valence-electron chi connectivity index (χ2n) is 6.31. The number of anilines is 1. The zero-order valence-corrected chi connectivity index (χ0v) is 16.2. The van der Waals surface area contributed by atoms with Crippen molar-refractivity contribution in [3.8, 4) is 11.1 Å². The molecular weight excluding hydrogens is 366 g/mol. The number of thiazole rings is 1. The van der Waals surface area contributed by atoms with E-state index in [9.17, 15) is 13.6 Å². The molecule has 3 aromatic rings. The van der Waals surface area contributed by atoms with Crippen LogP contribution in [0.3, 0.4) is 0 Å². The van der Waals surface area contributed by atoms with Gasteiger partial charge in [0.2, 0.25) is 5.91 Å². The summed E-state index contributed by atoms with van der Waals surface area (Å²) in [5.41, 5.74) is 2.53. The molecular formula is C21H20F2N2OS. The first kappa shape index (κ1) is 19.2. The maximum absolute atomic E-state index is 13.9. The van der Waals surface area contributed by atoms with Crippen LogP contribution in [0.25, 0.3) is 11.1 Å². The highest BCUT2D eigenvalue weighted by atomic mass is 32.1. The molecule has 0 radical (unpaired) electrons. The number of carbonyl (C=O) groups excluding carboxylic acids is 1. The molecule has 0 unspecified atom stereocenters. The largest absolute Gasteiger partial charge is 0.291 e. The van der Waals surface area contributed by atoms with Gasteiger partial charge in [-0.15, -0.1) is 11.3 Å². The van der Waals surface area contributed by atoms with Crippen molar-refractivity contribution in [2.24, 2.45) is 0 Å². The number of halogens is 2. The number of aryl methyl sites for hydroxylation is 2. The molecule has 6 heteroatoms. The molecule has 0 aliphatic heterocycles. The topological polar surface area (TPSA) is 33.2 Å². The third kappa shape index (κ3) is 4.22.